The summed E-state index contributed by atoms with van der Waals surface area (Å²) in [7, 11) is 2.00. The molecular formula is C17H29NO. The minimum Gasteiger partial charge on any atom is -0.492 e. The molecule has 1 atom stereocenters. The molecule has 1 aromatic carbocycles. The molecule has 1 N–H and O–H groups in total. The Bertz CT molecular complexity index is 404. The SMILES string of the molecule is CNC(COc1cc(C(C)C)ccc1C)C(C)(C)C. The van der Waals surface area contributed by atoms with Gasteiger partial charge in [-0.25, -0.2) is 0 Å². The number of rotatable bonds is 5. The van der Waals surface area contributed by atoms with E-state index in [4.69, 9.17) is 4.74 Å². The van der Waals surface area contributed by atoms with Gasteiger partial charge in [0.15, 0.2) is 0 Å². The highest BCUT2D eigenvalue weighted by Crippen LogP contribution is 2.26. The second kappa shape index (κ2) is 6.42. The van der Waals surface area contributed by atoms with E-state index < -0.39 is 0 Å². The van der Waals surface area contributed by atoms with Crippen molar-refractivity contribution in [3.8, 4) is 5.75 Å². The zero-order valence-corrected chi connectivity index (χ0v) is 13.5. The van der Waals surface area contributed by atoms with Gasteiger partial charge in [-0.15, -0.1) is 0 Å². The molecule has 108 valence electrons. The summed E-state index contributed by atoms with van der Waals surface area (Å²) in [5.74, 6) is 1.54. The minimum absolute atomic E-state index is 0.193. The van der Waals surface area contributed by atoms with E-state index in [1.165, 1.54) is 11.1 Å². The molecule has 0 saturated carbocycles. The highest BCUT2D eigenvalue weighted by molar-refractivity contribution is 5.37. The molecule has 0 aromatic heterocycles. The number of nitrogens with one attached hydrogen (secondary N) is 1. The van der Waals surface area contributed by atoms with E-state index in [1.54, 1.807) is 0 Å². The first-order chi connectivity index (χ1) is 8.75. The van der Waals surface area contributed by atoms with Gasteiger partial charge in [0.1, 0.15) is 12.4 Å². The fourth-order valence-corrected chi connectivity index (χ4v) is 2.07. The summed E-state index contributed by atoms with van der Waals surface area (Å²) in [6, 6.07) is 6.85. The monoisotopic (exact) mass is 263 g/mol. The van der Waals surface area contributed by atoms with Gasteiger partial charge in [0.2, 0.25) is 0 Å². The maximum atomic E-state index is 6.04. The molecule has 0 spiro atoms. The lowest BCUT2D eigenvalue weighted by atomic mass is 9.87. The van der Waals surface area contributed by atoms with Crippen molar-refractivity contribution in [3.63, 3.8) is 0 Å². The average Bonchev–Trinajstić information content (AvgIpc) is 2.30. The summed E-state index contributed by atoms with van der Waals surface area (Å²) >= 11 is 0. The molecule has 0 aliphatic heterocycles. The predicted molar refractivity (Wildman–Crippen MR) is 83.1 cm³/mol. The molecule has 0 aliphatic rings. The normalized spacial score (nSPS) is 13.7. The van der Waals surface area contributed by atoms with E-state index in [1.807, 2.05) is 7.05 Å². The van der Waals surface area contributed by atoms with Crippen molar-refractivity contribution in [2.75, 3.05) is 13.7 Å². The number of ether oxygens (including phenoxy) is 1. The molecule has 2 nitrogen and oxygen atoms in total. The van der Waals surface area contributed by atoms with Crippen LogP contribution >= 0.6 is 0 Å². The lowest BCUT2D eigenvalue weighted by Gasteiger charge is -2.30. The summed E-state index contributed by atoms with van der Waals surface area (Å²) in [6.07, 6.45) is 0. The van der Waals surface area contributed by atoms with Gasteiger partial charge in [0.25, 0.3) is 0 Å². The Morgan fingerprint density at radius 1 is 1.21 bits per heavy atom. The van der Waals surface area contributed by atoms with Crippen molar-refractivity contribution in [1.29, 1.82) is 0 Å². The van der Waals surface area contributed by atoms with Gasteiger partial charge in [-0.3, -0.25) is 0 Å². The summed E-state index contributed by atoms with van der Waals surface area (Å²) in [5.41, 5.74) is 2.73. The first-order valence-corrected chi connectivity index (χ1v) is 7.16. The van der Waals surface area contributed by atoms with Crippen LogP contribution in [-0.4, -0.2) is 19.7 Å². The number of likely N-dealkylation sites (N-methyl/N-ethyl adjacent to an activating group) is 1. The van der Waals surface area contributed by atoms with E-state index in [-0.39, 0.29) is 5.41 Å². The molecular weight excluding hydrogens is 234 g/mol. The molecule has 1 aromatic rings. The van der Waals surface area contributed by atoms with Gasteiger partial charge in [0, 0.05) is 6.04 Å². The second-order valence-electron chi connectivity index (χ2n) is 6.70. The summed E-state index contributed by atoms with van der Waals surface area (Å²) in [4.78, 5) is 0. The van der Waals surface area contributed by atoms with Gasteiger partial charge in [-0.05, 0) is 42.5 Å². The number of hydrogen-bond acceptors (Lipinski definition) is 2. The zero-order valence-electron chi connectivity index (χ0n) is 13.5. The van der Waals surface area contributed by atoms with Crippen LogP contribution in [0.15, 0.2) is 18.2 Å². The maximum absolute atomic E-state index is 6.04. The molecule has 0 amide bonds. The van der Waals surface area contributed by atoms with Gasteiger partial charge >= 0.3 is 0 Å². The summed E-state index contributed by atoms with van der Waals surface area (Å²) in [5, 5.41) is 3.34. The molecule has 0 radical (unpaired) electrons. The lowest BCUT2D eigenvalue weighted by molar-refractivity contribution is 0.180. The molecule has 19 heavy (non-hydrogen) atoms. The van der Waals surface area contributed by atoms with E-state index in [9.17, 15) is 0 Å². The van der Waals surface area contributed by atoms with E-state index in [0.29, 0.717) is 18.6 Å². The van der Waals surface area contributed by atoms with Crippen LogP contribution in [-0.2, 0) is 0 Å². The van der Waals surface area contributed by atoms with E-state index in [2.05, 4.69) is 65.1 Å². The van der Waals surface area contributed by atoms with Crippen molar-refractivity contribution in [2.24, 2.45) is 5.41 Å². The second-order valence-corrected chi connectivity index (χ2v) is 6.70. The van der Waals surface area contributed by atoms with Crippen molar-refractivity contribution >= 4 is 0 Å². The topological polar surface area (TPSA) is 21.3 Å². The Morgan fingerprint density at radius 3 is 2.32 bits per heavy atom. The Morgan fingerprint density at radius 2 is 1.84 bits per heavy atom. The van der Waals surface area contributed by atoms with Gasteiger partial charge in [-0.2, -0.15) is 0 Å². The van der Waals surface area contributed by atoms with Crippen LogP contribution in [0.2, 0.25) is 0 Å². The van der Waals surface area contributed by atoms with Gasteiger partial charge in [-0.1, -0.05) is 46.8 Å². The Hall–Kier alpha value is -1.02. The third kappa shape index (κ3) is 4.54. The number of benzene rings is 1. The van der Waals surface area contributed by atoms with Crippen LogP contribution < -0.4 is 10.1 Å². The Balaban J connectivity index is 2.79. The quantitative estimate of drug-likeness (QED) is 0.862. The van der Waals surface area contributed by atoms with Crippen LogP contribution in [0.4, 0.5) is 0 Å². The smallest absolute Gasteiger partial charge is 0.122 e. The van der Waals surface area contributed by atoms with E-state index in [0.717, 1.165) is 5.75 Å². The molecule has 0 fully saturated rings. The molecule has 0 bridgehead atoms. The van der Waals surface area contributed by atoms with Crippen LogP contribution in [0.3, 0.4) is 0 Å². The molecule has 1 unspecified atom stereocenters. The minimum atomic E-state index is 0.193. The fourth-order valence-electron chi connectivity index (χ4n) is 2.07. The Kier molecular flexibility index (Phi) is 5.42. The zero-order chi connectivity index (χ0) is 14.6. The van der Waals surface area contributed by atoms with Crippen molar-refractivity contribution < 1.29 is 4.74 Å². The molecule has 1 rings (SSSR count). The number of aryl methyl sites for hydroxylation is 1. The predicted octanol–water partition coefficient (Wildman–Crippen LogP) is 4.13. The average molecular weight is 263 g/mol. The molecule has 0 aliphatic carbocycles. The largest absolute Gasteiger partial charge is 0.492 e. The third-order valence-corrected chi connectivity index (χ3v) is 3.68. The van der Waals surface area contributed by atoms with Crippen LogP contribution in [0, 0.1) is 12.3 Å². The number of hydrogen-bond donors (Lipinski definition) is 1. The van der Waals surface area contributed by atoms with Crippen molar-refractivity contribution in [2.45, 2.75) is 53.5 Å². The lowest BCUT2D eigenvalue weighted by Crippen LogP contribution is -2.42. The first-order valence-electron chi connectivity index (χ1n) is 7.16. The van der Waals surface area contributed by atoms with Crippen molar-refractivity contribution in [3.05, 3.63) is 29.3 Å². The van der Waals surface area contributed by atoms with E-state index >= 15 is 0 Å². The third-order valence-electron chi connectivity index (χ3n) is 3.68. The van der Waals surface area contributed by atoms with Crippen LogP contribution in [0.1, 0.15) is 51.7 Å². The van der Waals surface area contributed by atoms with Crippen LogP contribution in [0.5, 0.6) is 5.75 Å². The van der Waals surface area contributed by atoms with Gasteiger partial charge in [0.05, 0.1) is 0 Å². The first kappa shape index (κ1) is 16.0. The van der Waals surface area contributed by atoms with Crippen molar-refractivity contribution in [1.82, 2.24) is 5.32 Å². The summed E-state index contributed by atoms with van der Waals surface area (Å²) < 4.78 is 6.04. The summed E-state index contributed by atoms with van der Waals surface area (Å²) in [6.45, 7) is 13.9. The highest BCUT2D eigenvalue weighted by Gasteiger charge is 2.23. The maximum Gasteiger partial charge on any atom is 0.122 e. The molecule has 0 saturated heterocycles. The Labute approximate surface area is 118 Å². The van der Waals surface area contributed by atoms with Gasteiger partial charge < -0.3 is 10.1 Å². The standard InChI is InChI=1S/C17H29NO/c1-12(2)14-9-8-13(3)15(10-14)19-11-16(18-7)17(4,5)6/h8-10,12,16,18H,11H2,1-7H3. The highest BCUT2D eigenvalue weighted by atomic mass is 16.5. The molecule has 2 heteroatoms. The van der Waals surface area contributed by atoms with Crippen LogP contribution in [0.25, 0.3) is 0 Å². The fraction of sp³-hybridized carbons (Fsp3) is 0.647. The molecule has 0 heterocycles.